The fraction of sp³-hybridized carbons (Fsp3) is 0.235. The Morgan fingerprint density at radius 2 is 1.39 bits per heavy atom. The number of nitrogens with zero attached hydrogens (tertiary/aromatic N) is 2. The van der Waals surface area contributed by atoms with Crippen molar-refractivity contribution >= 4 is 50.7 Å². The van der Waals surface area contributed by atoms with Crippen LogP contribution in [0, 0.1) is 0 Å². The zero-order valence-electron chi connectivity index (χ0n) is 24.6. The Bertz CT molecular complexity index is 1650. The number of para-hydroxylation sites is 1. The number of hydrogen-bond acceptors (Lipinski definition) is 4. The van der Waals surface area contributed by atoms with Gasteiger partial charge in [-0.1, -0.05) is 103 Å². The van der Waals surface area contributed by atoms with E-state index >= 15 is 0 Å². The molecule has 0 heterocycles. The second-order valence-corrected chi connectivity index (χ2v) is 13.2. The number of halogens is 2. The molecule has 4 rings (SSSR count). The van der Waals surface area contributed by atoms with Crippen LogP contribution in [0.4, 0.5) is 5.69 Å². The molecule has 0 unspecified atom stereocenters. The van der Waals surface area contributed by atoms with E-state index in [9.17, 15) is 18.0 Å². The average molecular weight is 653 g/mol. The zero-order valence-corrected chi connectivity index (χ0v) is 26.9. The van der Waals surface area contributed by atoms with Gasteiger partial charge in [0.05, 0.1) is 15.6 Å². The monoisotopic (exact) mass is 651 g/mol. The van der Waals surface area contributed by atoms with Crippen molar-refractivity contribution in [2.45, 2.75) is 50.2 Å². The predicted octanol–water partition coefficient (Wildman–Crippen LogP) is 6.74. The van der Waals surface area contributed by atoms with Gasteiger partial charge in [0.1, 0.15) is 12.6 Å². The molecular formula is C34H35Cl2N3O4S. The van der Waals surface area contributed by atoms with Crippen molar-refractivity contribution in [3.8, 4) is 0 Å². The van der Waals surface area contributed by atoms with Crippen LogP contribution in [0.15, 0.2) is 114 Å². The van der Waals surface area contributed by atoms with Gasteiger partial charge in [0.2, 0.25) is 11.8 Å². The quantitative estimate of drug-likeness (QED) is 0.173. The maximum absolute atomic E-state index is 14.4. The van der Waals surface area contributed by atoms with Crippen molar-refractivity contribution in [2.24, 2.45) is 0 Å². The Labute approximate surface area is 269 Å². The molecule has 7 nitrogen and oxygen atoms in total. The van der Waals surface area contributed by atoms with Gasteiger partial charge in [-0.05, 0) is 60.9 Å². The van der Waals surface area contributed by atoms with Gasteiger partial charge >= 0.3 is 0 Å². The van der Waals surface area contributed by atoms with Gasteiger partial charge in [-0.15, -0.1) is 0 Å². The van der Waals surface area contributed by atoms with Crippen LogP contribution in [0.5, 0.6) is 0 Å². The molecule has 44 heavy (non-hydrogen) atoms. The van der Waals surface area contributed by atoms with Gasteiger partial charge in [-0.25, -0.2) is 8.42 Å². The van der Waals surface area contributed by atoms with Gasteiger partial charge in [-0.3, -0.25) is 13.9 Å². The van der Waals surface area contributed by atoms with E-state index in [-0.39, 0.29) is 40.5 Å². The minimum absolute atomic E-state index is 0.00678. The van der Waals surface area contributed by atoms with Crippen molar-refractivity contribution in [2.75, 3.05) is 10.8 Å². The summed E-state index contributed by atoms with van der Waals surface area (Å²) < 4.78 is 29.0. The number of amides is 2. The number of nitrogens with one attached hydrogen (secondary N) is 1. The summed E-state index contributed by atoms with van der Waals surface area (Å²) in [4.78, 5) is 29.8. The topological polar surface area (TPSA) is 86.8 Å². The van der Waals surface area contributed by atoms with Crippen LogP contribution in [-0.4, -0.2) is 43.8 Å². The number of rotatable bonds is 13. The molecule has 0 aliphatic carbocycles. The van der Waals surface area contributed by atoms with E-state index in [0.717, 1.165) is 15.4 Å². The Morgan fingerprint density at radius 3 is 2.00 bits per heavy atom. The van der Waals surface area contributed by atoms with Crippen molar-refractivity contribution in [3.05, 3.63) is 130 Å². The number of hydrogen-bond donors (Lipinski definition) is 1. The average Bonchev–Trinajstić information content (AvgIpc) is 3.03. The molecule has 2 atom stereocenters. The van der Waals surface area contributed by atoms with E-state index in [1.54, 1.807) is 66.7 Å². The Kier molecular flexibility index (Phi) is 11.4. The van der Waals surface area contributed by atoms with Crippen LogP contribution in [0.2, 0.25) is 10.0 Å². The molecule has 230 valence electrons. The van der Waals surface area contributed by atoms with Gasteiger partial charge in [0, 0.05) is 24.0 Å². The molecular weight excluding hydrogens is 617 g/mol. The van der Waals surface area contributed by atoms with Crippen molar-refractivity contribution in [1.29, 1.82) is 0 Å². The third kappa shape index (κ3) is 8.40. The van der Waals surface area contributed by atoms with Crippen LogP contribution < -0.4 is 9.62 Å². The van der Waals surface area contributed by atoms with Crippen LogP contribution in [0.1, 0.15) is 31.4 Å². The highest BCUT2D eigenvalue weighted by molar-refractivity contribution is 7.92. The van der Waals surface area contributed by atoms with Crippen molar-refractivity contribution in [1.82, 2.24) is 10.2 Å². The third-order valence-corrected chi connectivity index (χ3v) is 9.62. The minimum atomic E-state index is -4.23. The molecule has 0 saturated heterocycles. The second kappa shape index (κ2) is 15.2. The molecule has 10 heteroatoms. The summed E-state index contributed by atoms with van der Waals surface area (Å²) in [5.41, 5.74) is 1.74. The van der Waals surface area contributed by atoms with Gasteiger partial charge in [0.25, 0.3) is 10.0 Å². The fourth-order valence-electron chi connectivity index (χ4n) is 4.67. The van der Waals surface area contributed by atoms with Crippen LogP contribution >= 0.6 is 23.2 Å². The summed E-state index contributed by atoms with van der Waals surface area (Å²) in [6.45, 7) is 3.32. The molecule has 0 spiro atoms. The highest BCUT2D eigenvalue weighted by Crippen LogP contribution is 2.31. The van der Waals surface area contributed by atoms with E-state index in [4.69, 9.17) is 23.2 Å². The molecule has 4 aromatic carbocycles. The minimum Gasteiger partial charge on any atom is -0.352 e. The molecule has 0 bridgehead atoms. The van der Waals surface area contributed by atoms with E-state index in [0.29, 0.717) is 11.4 Å². The molecule has 2 amide bonds. The number of sulfonamides is 1. The van der Waals surface area contributed by atoms with Gasteiger partial charge in [-0.2, -0.15) is 0 Å². The normalized spacial score (nSPS) is 12.6. The standard InChI is InChI=1S/C34H35Cl2N3O4S/c1-3-25(2)37-34(41)32(22-26-12-6-4-7-13-26)38(23-27-18-20-28(35)21-19-27)33(40)24-39(31-17-11-10-16-30(31)36)44(42,43)29-14-8-5-9-15-29/h4-21,25,32H,3,22-24H2,1-2H3,(H,37,41)/t25-,32-/m0/s1. The van der Waals surface area contributed by atoms with E-state index < -0.39 is 28.5 Å². The SMILES string of the molecule is CC[C@H](C)NC(=O)[C@H](Cc1ccccc1)N(Cc1ccc(Cl)cc1)C(=O)CN(c1ccccc1Cl)S(=O)(=O)c1ccccc1. The summed E-state index contributed by atoms with van der Waals surface area (Å²) in [6, 6.07) is 29.6. The van der Waals surface area contributed by atoms with E-state index in [1.807, 2.05) is 44.2 Å². The lowest BCUT2D eigenvalue weighted by Gasteiger charge is -2.34. The summed E-state index contributed by atoms with van der Waals surface area (Å²) >= 11 is 12.6. The van der Waals surface area contributed by atoms with Crippen LogP contribution in [0.25, 0.3) is 0 Å². The fourth-order valence-corrected chi connectivity index (χ4v) is 6.54. The summed E-state index contributed by atoms with van der Waals surface area (Å²) in [7, 11) is -4.23. The first kappa shape index (κ1) is 33.1. The first-order valence-corrected chi connectivity index (χ1v) is 16.5. The third-order valence-electron chi connectivity index (χ3n) is 7.27. The molecule has 0 saturated carbocycles. The first-order valence-electron chi connectivity index (χ1n) is 14.3. The molecule has 0 aliphatic rings. The van der Waals surface area contributed by atoms with Crippen molar-refractivity contribution in [3.63, 3.8) is 0 Å². The molecule has 0 aromatic heterocycles. The predicted molar refractivity (Wildman–Crippen MR) is 176 cm³/mol. The van der Waals surface area contributed by atoms with Crippen LogP contribution in [-0.2, 0) is 32.6 Å². The molecule has 0 radical (unpaired) electrons. The zero-order chi connectivity index (χ0) is 31.7. The molecule has 0 aliphatic heterocycles. The highest BCUT2D eigenvalue weighted by Gasteiger charge is 2.35. The molecule has 0 fully saturated rings. The van der Waals surface area contributed by atoms with Gasteiger partial charge < -0.3 is 10.2 Å². The lowest BCUT2D eigenvalue weighted by Crippen LogP contribution is -2.54. The maximum atomic E-state index is 14.4. The Balaban J connectivity index is 1.81. The van der Waals surface area contributed by atoms with E-state index in [1.165, 1.54) is 17.0 Å². The first-order chi connectivity index (χ1) is 21.1. The van der Waals surface area contributed by atoms with Crippen molar-refractivity contribution < 1.29 is 18.0 Å². The van der Waals surface area contributed by atoms with E-state index in [2.05, 4.69) is 5.32 Å². The molecule has 1 N–H and O–H groups in total. The smallest absolute Gasteiger partial charge is 0.264 e. The Morgan fingerprint density at radius 1 is 0.795 bits per heavy atom. The lowest BCUT2D eigenvalue weighted by molar-refractivity contribution is -0.140. The summed E-state index contributed by atoms with van der Waals surface area (Å²) in [5, 5.41) is 3.72. The summed E-state index contributed by atoms with van der Waals surface area (Å²) in [6.07, 6.45) is 0.921. The maximum Gasteiger partial charge on any atom is 0.264 e. The highest BCUT2D eigenvalue weighted by atomic mass is 35.5. The second-order valence-electron chi connectivity index (χ2n) is 10.4. The number of carbonyl (C=O) groups excluding carboxylic acids is 2. The van der Waals surface area contributed by atoms with Crippen LogP contribution in [0.3, 0.4) is 0 Å². The van der Waals surface area contributed by atoms with Gasteiger partial charge in [0.15, 0.2) is 0 Å². The lowest BCUT2D eigenvalue weighted by atomic mass is 10.0. The number of carbonyl (C=O) groups is 2. The number of benzene rings is 4. The Hall–Kier alpha value is -3.85. The molecule has 4 aromatic rings. The largest absolute Gasteiger partial charge is 0.352 e. The number of anilines is 1. The summed E-state index contributed by atoms with van der Waals surface area (Å²) in [5.74, 6) is -0.902.